The van der Waals surface area contributed by atoms with Gasteiger partial charge in [0.25, 0.3) is 0 Å². The summed E-state index contributed by atoms with van der Waals surface area (Å²) >= 11 is 1.53. The van der Waals surface area contributed by atoms with E-state index in [4.69, 9.17) is 4.84 Å². The number of hydroxylamine groups is 1. The zero-order valence-corrected chi connectivity index (χ0v) is 17.6. The van der Waals surface area contributed by atoms with Gasteiger partial charge < -0.3 is 10.2 Å². The van der Waals surface area contributed by atoms with Crippen LogP contribution in [0.15, 0.2) is 29.1 Å². The lowest BCUT2D eigenvalue weighted by molar-refractivity contribution is -0.119. The Bertz CT molecular complexity index is 669. The van der Waals surface area contributed by atoms with Gasteiger partial charge in [0.1, 0.15) is 5.84 Å². The van der Waals surface area contributed by atoms with Crippen LogP contribution in [-0.2, 0) is 9.63 Å². The summed E-state index contributed by atoms with van der Waals surface area (Å²) in [6.07, 6.45) is 0. The molecule has 0 aromatic carbocycles. The maximum atomic E-state index is 11.0. The fourth-order valence-corrected chi connectivity index (χ4v) is 2.74. The highest BCUT2D eigenvalue weighted by Gasteiger charge is 2.30. The lowest BCUT2D eigenvalue weighted by Gasteiger charge is -2.07. The van der Waals surface area contributed by atoms with Crippen molar-refractivity contribution >= 4 is 23.5 Å². The van der Waals surface area contributed by atoms with Gasteiger partial charge in [-0.05, 0) is 12.5 Å². The summed E-state index contributed by atoms with van der Waals surface area (Å²) in [4.78, 5) is 19.8. The van der Waals surface area contributed by atoms with E-state index >= 15 is 0 Å². The number of tetrazole rings is 1. The number of carbonyl (C=O) groups is 1. The van der Waals surface area contributed by atoms with Crippen LogP contribution in [-0.4, -0.2) is 37.6 Å². The zero-order valence-electron chi connectivity index (χ0n) is 16.7. The number of H-pyrrole nitrogens is 1. The van der Waals surface area contributed by atoms with Crippen molar-refractivity contribution in [2.24, 2.45) is 16.8 Å². The fraction of sp³-hybridized carbons (Fsp3) is 0.588. The van der Waals surface area contributed by atoms with Crippen molar-refractivity contribution in [3.8, 4) is 0 Å². The van der Waals surface area contributed by atoms with E-state index in [9.17, 15) is 4.79 Å². The largest absolute Gasteiger partial charge is 0.361 e. The fourth-order valence-electron chi connectivity index (χ4n) is 1.84. The number of hydrogen-bond acceptors (Lipinski definition) is 8. The lowest BCUT2D eigenvalue weighted by atomic mass is 10.1. The van der Waals surface area contributed by atoms with Crippen molar-refractivity contribution in [1.29, 1.82) is 0 Å². The number of hydrogen-bond donors (Lipinski definition) is 3. The molecule has 3 heterocycles. The first-order valence-corrected chi connectivity index (χ1v) is 9.59. The van der Waals surface area contributed by atoms with Crippen molar-refractivity contribution in [1.82, 2.24) is 31.4 Å². The number of aliphatic imine (C=N–C) groups is 1. The summed E-state index contributed by atoms with van der Waals surface area (Å²) in [5, 5.41) is 16.9. The standard InChI is InChI=1S/C7H11NOS.C6H10N2O.C4H8N4/c1-4(2)6-7(9)8-5(3)10-6;1-4(2)6-7-5(3)9-8-6;1-3(2)4-5-7-8-6-4/h4,6H,3H2,1-2H3,(H,8,9);4H,3H2,1-2H3,(H,7,8);3H,1-2H3,(H,5,6,7,8). The van der Waals surface area contributed by atoms with Gasteiger partial charge in [-0.1, -0.05) is 65.1 Å². The van der Waals surface area contributed by atoms with Crippen LogP contribution in [0.1, 0.15) is 53.3 Å². The number of amidine groups is 1. The molecular weight excluding hydrogens is 366 g/mol. The summed E-state index contributed by atoms with van der Waals surface area (Å²) in [6.45, 7) is 19.4. The van der Waals surface area contributed by atoms with Crippen LogP contribution in [0.2, 0.25) is 0 Å². The van der Waals surface area contributed by atoms with Crippen LogP contribution in [0, 0.1) is 11.8 Å². The van der Waals surface area contributed by atoms with Crippen molar-refractivity contribution in [3.63, 3.8) is 0 Å². The molecule has 0 radical (unpaired) electrons. The Kier molecular flexibility index (Phi) is 8.99. The maximum absolute atomic E-state index is 11.0. The smallest absolute Gasteiger partial charge is 0.240 e. The second-order valence-electron chi connectivity index (χ2n) is 6.87. The van der Waals surface area contributed by atoms with Crippen LogP contribution < -0.4 is 10.8 Å². The minimum absolute atomic E-state index is 0.0764. The quantitative estimate of drug-likeness (QED) is 0.720. The molecule has 1 amide bonds. The van der Waals surface area contributed by atoms with Gasteiger partial charge in [0.15, 0.2) is 5.82 Å². The molecule has 9 nitrogen and oxygen atoms in total. The normalized spacial score (nSPS) is 18.3. The SMILES string of the molecule is C=C1N=C(C(C)C)NO1.C=C1NC(=O)C(C(C)C)S1.CC(C)c1nn[nH]n1. The second kappa shape index (κ2) is 10.7. The molecule has 2 aliphatic heterocycles. The number of carbonyl (C=O) groups excluding carboxylic acids is 1. The number of amides is 1. The molecule has 27 heavy (non-hydrogen) atoms. The van der Waals surface area contributed by atoms with Crippen LogP contribution in [0.4, 0.5) is 0 Å². The number of aromatic amines is 1. The van der Waals surface area contributed by atoms with Gasteiger partial charge in [-0.25, -0.2) is 5.48 Å². The second-order valence-corrected chi connectivity index (χ2v) is 8.11. The molecule has 1 aromatic heterocycles. The van der Waals surface area contributed by atoms with Crippen molar-refractivity contribution < 1.29 is 9.63 Å². The van der Waals surface area contributed by atoms with Gasteiger partial charge in [0, 0.05) is 11.8 Å². The van der Waals surface area contributed by atoms with Crippen LogP contribution in [0.5, 0.6) is 0 Å². The zero-order chi connectivity index (χ0) is 20.6. The Morgan fingerprint density at radius 1 is 1.11 bits per heavy atom. The summed E-state index contributed by atoms with van der Waals surface area (Å²) in [5.41, 5.74) is 2.66. The molecule has 0 spiro atoms. The molecule has 0 aliphatic carbocycles. The predicted octanol–water partition coefficient (Wildman–Crippen LogP) is 2.72. The third-order valence-electron chi connectivity index (χ3n) is 3.34. The van der Waals surface area contributed by atoms with E-state index in [0.717, 1.165) is 16.7 Å². The minimum Gasteiger partial charge on any atom is -0.361 e. The van der Waals surface area contributed by atoms with Crippen LogP contribution in [0.25, 0.3) is 0 Å². The number of thioether (sulfide) groups is 1. The van der Waals surface area contributed by atoms with Crippen molar-refractivity contribution in [2.45, 2.75) is 52.7 Å². The molecule has 1 saturated heterocycles. The number of nitrogens with zero attached hydrogens (tertiary/aromatic N) is 4. The molecule has 1 aromatic rings. The topological polar surface area (TPSA) is 117 Å². The maximum Gasteiger partial charge on any atom is 0.240 e. The average Bonchev–Trinajstić information content (AvgIpc) is 3.29. The Morgan fingerprint density at radius 3 is 2.00 bits per heavy atom. The molecule has 1 fully saturated rings. The highest BCUT2D eigenvalue weighted by Crippen LogP contribution is 2.30. The minimum atomic E-state index is 0.0764. The first kappa shape index (κ1) is 22.7. The number of aromatic nitrogens is 4. The van der Waals surface area contributed by atoms with Gasteiger partial charge in [-0.15, -0.1) is 10.2 Å². The van der Waals surface area contributed by atoms with E-state index in [1.807, 2.05) is 41.5 Å². The van der Waals surface area contributed by atoms with Gasteiger partial charge >= 0.3 is 0 Å². The van der Waals surface area contributed by atoms with Crippen LogP contribution >= 0.6 is 11.8 Å². The number of rotatable bonds is 3. The van der Waals surface area contributed by atoms with Gasteiger partial charge in [0.05, 0.1) is 10.3 Å². The highest BCUT2D eigenvalue weighted by atomic mass is 32.2. The van der Waals surface area contributed by atoms with Crippen molar-refractivity contribution in [3.05, 3.63) is 29.9 Å². The van der Waals surface area contributed by atoms with E-state index in [-0.39, 0.29) is 11.2 Å². The Morgan fingerprint density at radius 2 is 1.78 bits per heavy atom. The average molecular weight is 396 g/mol. The molecule has 0 saturated carbocycles. The molecule has 10 heteroatoms. The summed E-state index contributed by atoms with van der Waals surface area (Å²) in [5.74, 6) is 3.30. The van der Waals surface area contributed by atoms with Gasteiger partial charge in [0.2, 0.25) is 11.8 Å². The molecule has 2 aliphatic rings. The van der Waals surface area contributed by atoms with Crippen molar-refractivity contribution in [2.75, 3.05) is 0 Å². The predicted molar refractivity (Wildman–Crippen MR) is 107 cm³/mol. The third-order valence-corrected chi connectivity index (χ3v) is 4.74. The first-order chi connectivity index (χ1) is 12.6. The molecule has 0 bridgehead atoms. The highest BCUT2D eigenvalue weighted by molar-refractivity contribution is 8.04. The lowest BCUT2D eigenvalue weighted by Crippen LogP contribution is -2.25. The molecule has 3 N–H and O–H groups in total. The van der Waals surface area contributed by atoms with E-state index < -0.39 is 0 Å². The molecule has 150 valence electrons. The van der Waals surface area contributed by atoms with E-state index in [2.05, 4.69) is 49.6 Å². The molecule has 1 unspecified atom stereocenters. The Hall–Kier alpha value is -2.36. The first-order valence-electron chi connectivity index (χ1n) is 8.71. The van der Waals surface area contributed by atoms with E-state index in [0.29, 0.717) is 23.6 Å². The van der Waals surface area contributed by atoms with E-state index in [1.54, 1.807) is 0 Å². The van der Waals surface area contributed by atoms with Gasteiger partial charge in [-0.3, -0.25) is 4.79 Å². The summed E-state index contributed by atoms with van der Waals surface area (Å²) < 4.78 is 0. The Labute approximate surface area is 164 Å². The van der Waals surface area contributed by atoms with E-state index in [1.165, 1.54) is 11.8 Å². The number of nitrogens with one attached hydrogen (secondary N) is 3. The van der Waals surface area contributed by atoms with Gasteiger partial charge in [-0.2, -0.15) is 10.2 Å². The monoisotopic (exact) mass is 395 g/mol. The third kappa shape index (κ3) is 7.81. The summed E-state index contributed by atoms with van der Waals surface area (Å²) in [6, 6.07) is 0. The molecule has 1 atom stereocenters. The van der Waals surface area contributed by atoms with Crippen LogP contribution in [0.3, 0.4) is 0 Å². The molecular formula is C17H29N7O2S. The molecule has 3 rings (SSSR count). The Balaban J connectivity index is 0.000000204. The summed E-state index contributed by atoms with van der Waals surface area (Å²) in [7, 11) is 0.